The van der Waals surface area contributed by atoms with Crippen LogP contribution < -0.4 is 5.73 Å². The number of hydrogen-bond acceptors (Lipinski definition) is 2. The standard InChI is InChI=1S/C14H16IN3/c1-9-13(15)14(16)18(17-9)8-11-4-2-3-5-12(11)10-6-7-10/h2-5,10H,6-8,16H2,1H3. The van der Waals surface area contributed by atoms with Crippen LogP contribution in [-0.2, 0) is 6.54 Å². The summed E-state index contributed by atoms with van der Waals surface area (Å²) >= 11 is 2.26. The number of rotatable bonds is 3. The van der Waals surface area contributed by atoms with Crippen LogP contribution in [0.25, 0.3) is 0 Å². The molecule has 0 aliphatic heterocycles. The highest BCUT2D eigenvalue weighted by atomic mass is 127. The molecule has 1 aromatic carbocycles. The van der Waals surface area contributed by atoms with Crippen molar-refractivity contribution in [3.05, 3.63) is 44.7 Å². The molecule has 0 amide bonds. The van der Waals surface area contributed by atoms with Crippen LogP contribution in [-0.4, -0.2) is 9.78 Å². The molecule has 4 heteroatoms. The van der Waals surface area contributed by atoms with Crippen LogP contribution in [0.4, 0.5) is 5.82 Å². The van der Waals surface area contributed by atoms with Crippen molar-refractivity contribution in [2.75, 3.05) is 5.73 Å². The molecule has 2 aromatic rings. The number of nitrogens with two attached hydrogens (primary N) is 1. The first-order valence-corrected chi connectivity index (χ1v) is 7.31. The van der Waals surface area contributed by atoms with Crippen molar-refractivity contribution in [1.82, 2.24) is 9.78 Å². The number of benzene rings is 1. The van der Waals surface area contributed by atoms with E-state index in [2.05, 4.69) is 52.0 Å². The molecule has 0 bridgehead atoms. The van der Waals surface area contributed by atoms with Crippen molar-refractivity contribution in [3.63, 3.8) is 0 Å². The number of aromatic nitrogens is 2. The molecule has 1 aliphatic carbocycles. The fraction of sp³-hybridized carbons (Fsp3) is 0.357. The van der Waals surface area contributed by atoms with Gasteiger partial charge < -0.3 is 5.73 Å². The van der Waals surface area contributed by atoms with Crippen molar-refractivity contribution in [1.29, 1.82) is 0 Å². The number of anilines is 1. The SMILES string of the molecule is Cc1nn(Cc2ccccc2C2CC2)c(N)c1I. The fourth-order valence-corrected chi connectivity index (χ4v) is 2.72. The van der Waals surface area contributed by atoms with E-state index in [4.69, 9.17) is 5.73 Å². The van der Waals surface area contributed by atoms with Crippen LogP contribution >= 0.6 is 22.6 Å². The third-order valence-corrected chi connectivity index (χ3v) is 4.82. The second-order valence-corrected chi connectivity index (χ2v) is 5.99. The van der Waals surface area contributed by atoms with E-state index in [-0.39, 0.29) is 0 Å². The lowest BCUT2D eigenvalue weighted by Gasteiger charge is -2.09. The number of aryl methyl sites for hydroxylation is 1. The first-order valence-electron chi connectivity index (χ1n) is 6.23. The highest BCUT2D eigenvalue weighted by Crippen LogP contribution is 2.41. The van der Waals surface area contributed by atoms with Gasteiger partial charge in [-0.1, -0.05) is 24.3 Å². The molecule has 1 aromatic heterocycles. The van der Waals surface area contributed by atoms with Gasteiger partial charge in [-0.15, -0.1) is 0 Å². The molecule has 3 nitrogen and oxygen atoms in total. The summed E-state index contributed by atoms with van der Waals surface area (Å²) in [6.45, 7) is 2.78. The van der Waals surface area contributed by atoms with Crippen molar-refractivity contribution >= 4 is 28.4 Å². The molecule has 1 aliphatic rings. The van der Waals surface area contributed by atoms with Crippen LogP contribution in [0, 0.1) is 10.5 Å². The molecule has 3 rings (SSSR count). The van der Waals surface area contributed by atoms with Gasteiger partial charge in [0.05, 0.1) is 15.8 Å². The summed E-state index contributed by atoms with van der Waals surface area (Å²) in [6.07, 6.45) is 2.64. The molecule has 18 heavy (non-hydrogen) atoms. The summed E-state index contributed by atoms with van der Waals surface area (Å²) in [6, 6.07) is 8.65. The average Bonchev–Trinajstić information content (AvgIpc) is 3.17. The largest absolute Gasteiger partial charge is 0.383 e. The predicted molar refractivity (Wildman–Crippen MR) is 81.6 cm³/mol. The maximum atomic E-state index is 6.09. The summed E-state index contributed by atoms with van der Waals surface area (Å²) in [5.41, 5.74) is 9.92. The smallest absolute Gasteiger partial charge is 0.135 e. The van der Waals surface area contributed by atoms with E-state index in [1.165, 1.54) is 24.0 Å². The highest BCUT2D eigenvalue weighted by molar-refractivity contribution is 14.1. The molecular formula is C14H16IN3. The summed E-state index contributed by atoms with van der Waals surface area (Å²) < 4.78 is 2.98. The number of nitrogens with zero attached hydrogens (tertiary/aromatic N) is 2. The first-order chi connectivity index (χ1) is 8.66. The van der Waals surface area contributed by atoms with Crippen molar-refractivity contribution in [2.24, 2.45) is 0 Å². The Kier molecular flexibility index (Phi) is 3.05. The fourth-order valence-electron chi connectivity index (χ4n) is 2.33. The van der Waals surface area contributed by atoms with E-state index in [0.29, 0.717) is 0 Å². The van der Waals surface area contributed by atoms with Crippen LogP contribution in [0.1, 0.15) is 35.6 Å². The zero-order valence-electron chi connectivity index (χ0n) is 10.4. The monoisotopic (exact) mass is 353 g/mol. The van der Waals surface area contributed by atoms with E-state index in [1.54, 1.807) is 0 Å². The lowest BCUT2D eigenvalue weighted by molar-refractivity contribution is 0.683. The maximum Gasteiger partial charge on any atom is 0.135 e. The van der Waals surface area contributed by atoms with Crippen LogP contribution in [0.2, 0.25) is 0 Å². The number of nitrogen functional groups attached to an aromatic ring is 1. The quantitative estimate of drug-likeness (QED) is 0.861. The second kappa shape index (κ2) is 4.57. The van der Waals surface area contributed by atoms with E-state index >= 15 is 0 Å². The Morgan fingerprint density at radius 3 is 2.72 bits per heavy atom. The minimum atomic E-state index is 0.762. The Hall–Kier alpha value is -1.04. The lowest BCUT2D eigenvalue weighted by atomic mass is 10.0. The normalized spacial score (nSPS) is 15.0. The minimum Gasteiger partial charge on any atom is -0.383 e. The molecule has 2 N–H and O–H groups in total. The maximum absolute atomic E-state index is 6.09. The minimum absolute atomic E-state index is 0.762. The Morgan fingerprint density at radius 2 is 2.11 bits per heavy atom. The van der Waals surface area contributed by atoms with E-state index in [9.17, 15) is 0 Å². The molecule has 94 valence electrons. The van der Waals surface area contributed by atoms with Gasteiger partial charge >= 0.3 is 0 Å². The molecule has 0 atom stereocenters. The Bertz CT molecular complexity index is 585. The molecular weight excluding hydrogens is 337 g/mol. The zero-order valence-corrected chi connectivity index (χ0v) is 12.5. The number of hydrogen-bond donors (Lipinski definition) is 1. The molecule has 1 fully saturated rings. The summed E-state index contributed by atoms with van der Waals surface area (Å²) in [5, 5.41) is 4.51. The topological polar surface area (TPSA) is 43.8 Å². The summed E-state index contributed by atoms with van der Waals surface area (Å²) in [4.78, 5) is 0. The number of halogens is 1. The molecule has 1 saturated carbocycles. The highest BCUT2D eigenvalue weighted by Gasteiger charge is 2.25. The van der Waals surface area contributed by atoms with Crippen molar-refractivity contribution in [2.45, 2.75) is 32.2 Å². The van der Waals surface area contributed by atoms with Gasteiger partial charge in [-0.2, -0.15) is 5.10 Å². The molecule has 0 radical (unpaired) electrons. The Balaban J connectivity index is 1.94. The zero-order chi connectivity index (χ0) is 12.7. The Labute approximate surface area is 121 Å². The van der Waals surface area contributed by atoms with Crippen LogP contribution in [0.15, 0.2) is 24.3 Å². The van der Waals surface area contributed by atoms with Gasteiger partial charge in [-0.3, -0.25) is 0 Å². The molecule has 0 unspecified atom stereocenters. The van der Waals surface area contributed by atoms with Gasteiger partial charge in [0, 0.05) is 0 Å². The first kappa shape index (κ1) is 12.0. The third kappa shape index (κ3) is 2.13. The molecule has 0 saturated heterocycles. The third-order valence-electron chi connectivity index (χ3n) is 3.48. The van der Waals surface area contributed by atoms with Gasteiger partial charge in [0.15, 0.2) is 0 Å². The van der Waals surface area contributed by atoms with E-state index in [1.807, 2.05) is 11.6 Å². The van der Waals surface area contributed by atoms with Crippen molar-refractivity contribution in [3.8, 4) is 0 Å². The lowest BCUT2D eigenvalue weighted by Crippen LogP contribution is -2.08. The average molecular weight is 353 g/mol. The van der Waals surface area contributed by atoms with Gasteiger partial charge in [0.1, 0.15) is 5.82 Å². The van der Waals surface area contributed by atoms with Gasteiger partial charge in [0.2, 0.25) is 0 Å². The Morgan fingerprint density at radius 1 is 1.39 bits per heavy atom. The van der Waals surface area contributed by atoms with Gasteiger partial charge in [0.25, 0.3) is 0 Å². The van der Waals surface area contributed by atoms with Gasteiger partial charge in [-0.25, -0.2) is 4.68 Å². The molecule has 1 heterocycles. The van der Waals surface area contributed by atoms with E-state index in [0.717, 1.165) is 27.5 Å². The second-order valence-electron chi connectivity index (χ2n) is 4.92. The van der Waals surface area contributed by atoms with Crippen molar-refractivity contribution < 1.29 is 0 Å². The van der Waals surface area contributed by atoms with Crippen LogP contribution in [0.5, 0.6) is 0 Å². The van der Waals surface area contributed by atoms with Gasteiger partial charge in [-0.05, 0) is 59.4 Å². The van der Waals surface area contributed by atoms with Crippen LogP contribution in [0.3, 0.4) is 0 Å². The predicted octanol–water partition coefficient (Wildman–Crippen LogP) is 3.30. The summed E-state index contributed by atoms with van der Waals surface area (Å²) in [7, 11) is 0. The van der Waals surface area contributed by atoms with E-state index < -0.39 is 0 Å². The molecule has 0 spiro atoms. The summed E-state index contributed by atoms with van der Waals surface area (Å²) in [5.74, 6) is 1.54.